The fraction of sp³-hybridized carbons (Fsp3) is 0.538. The van der Waals surface area contributed by atoms with Gasteiger partial charge in [-0.05, 0) is 18.9 Å². The summed E-state index contributed by atoms with van der Waals surface area (Å²) in [7, 11) is 0. The third-order valence-corrected chi connectivity index (χ3v) is 2.27. The summed E-state index contributed by atoms with van der Waals surface area (Å²) in [6.45, 7) is 5.08. The second kappa shape index (κ2) is 7.66. The summed E-state index contributed by atoms with van der Waals surface area (Å²) in [5, 5.41) is 0. The predicted octanol–water partition coefficient (Wildman–Crippen LogP) is 1.13. The average molecular weight is 253 g/mol. The van der Waals surface area contributed by atoms with E-state index >= 15 is 0 Å². The van der Waals surface area contributed by atoms with Gasteiger partial charge in [0.1, 0.15) is 13.2 Å². The van der Waals surface area contributed by atoms with Gasteiger partial charge < -0.3 is 14.0 Å². The van der Waals surface area contributed by atoms with Crippen LogP contribution < -0.4 is 5.56 Å². The fourth-order valence-corrected chi connectivity index (χ4v) is 1.42. The average Bonchev–Trinajstić information content (AvgIpc) is 2.33. The maximum Gasteiger partial charge on any atom is 0.326 e. The van der Waals surface area contributed by atoms with E-state index in [0.717, 1.165) is 12.0 Å². The van der Waals surface area contributed by atoms with Crippen LogP contribution in [-0.2, 0) is 20.8 Å². The van der Waals surface area contributed by atoms with E-state index in [1.54, 1.807) is 12.3 Å². The molecule has 0 aliphatic heterocycles. The van der Waals surface area contributed by atoms with Gasteiger partial charge in [-0.2, -0.15) is 0 Å². The Morgan fingerprint density at radius 1 is 1.28 bits per heavy atom. The highest BCUT2D eigenvalue weighted by molar-refractivity contribution is 5.69. The Morgan fingerprint density at radius 3 is 2.78 bits per heavy atom. The number of rotatable bonds is 7. The molecule has 1 heterocycles. The van der Waals surface area contributed by atoms with Crippen molar-refractivity contribution in [3.05, 3.63) is 34.2 Å². The van der Waals surface area contributed by atoms with Gasteiger partial charge in [0.15, 0.2) is 0 Å². The first-order valence-corrected chi connectivity index (χ1v) is 6.04. The molecule has 5 nitrogen and oxygen atoms in total. The van der Waals surface area contributed by atoms with Gasteiger partial charge >= 0.3 is 5.97 Å². The van der Waals surface area contributed by atoms with Gasteiger partial charge in [-0.15, -0.1) is 0 Å². The van der Waals surface area contributed by atoms with E-state index in [1.165, 1.54) is 10.6 Å². The molecule has 0 bridgehead atoms. The van der Waals surface area contributed by atoms with Gasteiger partial charge in [-0.3, -0.25) is 9.59 Å². The number of nitrogens with zero attached hydrogens (tertiary/aromatic N) is 1. The van der Waals surface area contributed by atoms with Crippen LogP contribution in [0.2, 0.25) is 0 Å². The van der Waals surface area contributed by atoms with E-state index in [2.05, 4.69) is 0 Å². The zero-order valence-electron chi connectivity index (χ0n) is 10.8. The van der Waals surface area contributed by atoms with Crippen LogP contribution in [0.25, 0.3) is 0 Å². The molecule has 0 radical (unpaired) electrons. The molecule has 0 aliphatic carbocycles. The van der Waals surface area contributed by atoms with Crippen LogP contribution in [0, 0.1) is 6.92 Å². The molecule has 0 aromatic carbocycles. The van der Waals surface area contributed by atoms with Crippen molar-refractivity contribution in [3.8, 4) is 0 Å². The van der Waals surface area contributed by atoms with Crippen LogP contribution >= 0.6 is 0 Å². The van der Waals surface area contributed by atoms with Gasteiger partial charge in [0.2, 0.25) is 0 Å². The van der Waals surface area contributed by atoms with E-state index in [0.29, 0.717) is 13.2 Å². The fourth-order valence-electron chi connectivity index (χ4n) is 1.42. The molecule has 0 unspecified atom stereocenters. The van der Waals surface area contributed by atoms with Crippen LogP contribution in [0.5, 0.6) is 0 Å². The lowest BCUT2D eigenvalue weighted by Crippen LogP contribution is -2.25. The van der Waals surface area contributed by atoms with Crippen molar-refractivity contribution >= 4 is 5.97 Å². The molecule has 1 rings (SSSR count). The monoisotopic (exact) mass is 253 g/mol. The third kappa shape index (κ3) is 5.14. The quantitative estimate of drug-likeness (QED) is 0.540. The molecule has 5 heteroatoms. The summed E-state index contributed by atoms with van der Waals surface area (Å²) in [5.74, 6) is -0.428. The summed E-state index contributed by atoms with van der Waals surface area (Å²) in [6, 6.07) is 3.15. The van der Waals surface area contributed by atoms with E-state index in [-0.39, 0.29) is 18.7 Å². The highest BCUT2D eigenvalue weighted by Gasteiger charge is 2.05. The number of carbonyl (C=O) groups excluding carboxylic acids is 1. The molecule has 100 valence electrons. The largest absolute Gasteiger partial charge is 0.462 e. The molecule has 0 amide bonds. The first-order chi connectivity index (χ1) is 8.63. The number of aryl methyl sites for hydroxylation is 1. The molecule has 0 N–H and O–H groups in total. The van der Waals surface area contributed by atoms with E-state index < -0.39 is 5.97 Å². The molecular weight excluding hydrogens is 234 g/mol. The predicted molar refractivity (Wildman–Crippen MR) is 67.5 cm³/mol. The second-order valence-electron chi connectivity index (χ2n) is 4.01. The molecule has 0 aliphatic rings. The number of aromatic nitrogens is 1. The number of pyridine rings is 1. The molecule has 0 atom stereocenters. The molecule has 1 aromatic heterocycles. The minimum atomic E-state index is -0.428. The summed E-state index contributed by atoms with van der Waals surface area (Å²) in [5.41, 5.74) is 0.716. The second-order valence-corrected chi connectivity index (χ2v) is 4.01. The summed E-state index contributed by atoms with van der Waals surface area (Å²) in [4.78, 5) is 22.9. The summed E-state index contributed by atoms with van der Waals surface area (Å²) < 4.78 is 11.5. The number of esters is 1. The van der Waals surface area contributed by atoms with Crippen LogP contribution in [-0.4, -0.2) is 30.4 Å². The van der Waals surface area contributed by atoms with Gasteiger partial charge in [0.25, 0.3) is 5.56 Å². The summed E-state index contributed by atoms with van der Waals surface area (Å²) in [6.07, 6.45) is 2.57. The first kappa shape index (κ1) is 14.4. The normalized spacial score (nSPS) is 10.3. The zero-order chi connectivity index (χ0) is 13.4. The lowest BCUT2D eigenvalue weighted by atomic mass is 10.3. The maximum atomic E-state index is 11.5. The van der Waals surface area contributed by atoms with Gasteiger partial charge in [-0.25, -0.2) is 0 Å². The zero-order valence-corrected chi connectivity index (χ0v) is 10.8. The number of carbonyl (C=O) groups is 1. The van der Waals surface area contributed by atoms with Crippen molar-refractivity contribution in [1.82, 2.24) is 4.57 Å². The topological polar surface area (TPSA) is 57.5 Å². The Balaban J connectivity index is 2.35. The van der Waals surface area contributed by atoms with Gasteiger partial charge in [0.05, 0.1) is 6.61 Å². The molecule has 0 fully saturated rings. The van der Waals surface area contributed by atoms with Crippen LogP contribution in [0.15, 0.2) is 23.1 Å². The minimum absolute atomic E-state index is 0.0612. The smallest absolute Gasteiger partial charge is 0.326 e. The van der Waals surface area contributed by atoms with Crippen molar-refractivity contribution in [1.29, 1.82) is 0 Å². The van der Waals surface area contributed by atoms with Crippen molar-refractivity contribution < 1.29 is 14.3 Å². The van der Waals surface area contributed by atoms with Crippen LogP contribution in [0.1, 0.15) is 18.9 Å². The summed E-state index contributed by atoms with van der Waals surface area (Å²) >= 11 is 0. The lowest BCUT2D eigenvalue weighted by molar-refractivity contribution is -0.146. The number of hydrogen-bond acceptors (Lipinski definition) is 4. The molecule has 0 spiro atoms. The Morgan fingerprint density at radius 2 is 2.06 bits per heavy atom. The Hall–Kier alpha value is -1.62. The Kier molecular flexibility index (Phi) is 6.14. The minimum Gasteiger partial charge on any atom is -0.462 e. The van der Waals surface area contributed by atoms with E-state index in [9.17, 15) is 9.59 Å². The molecule has 18 heavy (non-hydrogen) atoms. The maximum absolute atomic E-state index is 11.5. The molecule has 0 saturated carbocycles. The van der Waals surface area contributed by atoms with Crippen LogP contribution in [0.3, 0.4) is 0 Å². The third-order valence-electron chi connectivity index (χ3n) is 2.27. The van der Waals surface area contributed by atoms with Crippen LogP contribution in [0.4, 0.5) is 0 Å². The standard InChI is InChI=1S/C13H19NO4/c1-3-6-17-7-8-18-13(16)10-14-9-11(2)4-5-12(14)15/h4-5,9H,3,6-8,10H2,1-2H3. The van der Waals surface area contributed by atoms with Gasteiger partial charge in [0, 0.05) is 18.9 Å². The molecular formula is C13H19NO4. The molecule has 1 aromatic rings. The first-order valence-electron chi connectivity index (χ1n) is 6.04. The molecule has 0 saturated heterocycles. The lowest BCUT2D eigenvalue weighted by Gasteiger charge is -2.07. The van der Waals surface area contributed by atoms with Crippen molar-refractivity contribution in [2.75, 3.05) is 19.8 Å². The highest BCUT2D eigenvalue weighted by Crippen LogP contribution is 1.93. The Bertz CT molecular complexity index is 439. The number of ether oxygens (including phenoxy) is 2. The SMILES string of the molecule is CCCOCCOC(=O)Cn1cc(C)ccc1=O. The Labute approximate surface area is 106 Å². The van der Waals surface area contributed by atoms with Crippen molar-refractivity contribution in [2.45, 2.75) is 26.8 Å². The van der Waals surface area contributed by atoms with Crippen molar-refractivity contribution in [2.24, 2.45) is 0 Å². The highest BCUT2D eigenvalue weighted by atomic mass is 16.6. The van der Waals surface area contributed by atoms with E-state index in [4.69, 9.17) is 9.47 Å². The van der Waals surface area contributed by atoms with E-state index in [1.807, 2.05) is 13.8 Å². The van der Waals surface area contributed by atoms with Crippen molar-refractivity contribution in [3.63, 3.8) is 0 Å². The van der Waals surface area contributed by atoms with Gasteiger partial charge in [-0.1, -0.05) is 13.0 Å². The number of hydrogen-bond donors (Lipinski definition) is 0.